The molecule has 0 saturated carbocycles. The van der Waals surface area contributed by atoms with Gasteiger partial charge < -0.3 is 15.0 Å². The number of carbonyl (C=O) groups is 1. The second kappa shape index (κ2) is 10.8. The van der Waals surface area contributed by atoms with Gasteiger partial charge in [-0.15, -0.1) is 11.3 Å². The van der Waals surface area contributed by atoms with Gasteiger partial charge in [-0.1, -0.05) is 19.9 Å². The number of anilines is 1. The average molecular weight is 534 g/mol. The van der Waals surface area contributed by atoms with Gasteiger partial charge >= 0.3 is 0 Å². The lowest BCUT2D eigenvalue weighted by atomic mass is 9.96. The zero-order valence-electron chi connectivity index (χ0n) is 22.6. The highest BCUT2D eigenvalue weighted by molar-refractivity contribution is 7.13. The standard InChI is InChI=1S/C28H35N7O2S/c1-6-33(7-2)19(3)15-29-27(36)20-13-23(31-25(14-20)34-17-28(4,18-34)37-5)21-16-30-35-11-10-22(32-26(21)35)24-9-8-12-38-24/h8-14,16,19H,6-7,15,17-18H2,1-5H3,(H,29,36)/t19-/m0/s1. The van der Waals surface area contributed by atoms with Crippen LogP contribution in [0.15, 0.2) is 48.1 Å². The number of likely N-dealkylation sites (N-methyl/N-ethyl adjacent to an activating group) is 1. The molecule has 0 unspecified atom stereocenters. The molecule has 1 fully saturated rings. The SMILES string of the molecule is CCN(CC)[C@@H](C)CNC(=O)c1cc(-c2cnn3ccc(-c4cccs4)nc23)nc(N2CC(C)(OC)C2)c1. The Labute approximate surface area is 227 Å². The Morgan fingerprint density at radius 1 is 1.21 bits per heavy atom. The number of thiophene rings is 1. The number of fused-ring (bicyclic) bond motifs is 1. The first kappa shape index (κ1) is 26.3. The van der Waals surface area contributed by atoms with Crippen LogP contribution >= 0.6 is 11.3 Å². The van der Waals surface area contributed by atoms with Crippen LogP contribution in [-0.2, 0) is 4.74 Å². The monoisotopic (exact) mass is 533 g/mol. The third-order valence-corrected chi connectivity index (χ3v) is 8.25. The predicted molar refractivity (Wildman–Crippen MR) is 152 cm³/mol. The van der Waals surface area contributed by atoms with Gasteiger partial charge in [0.15, 0.2) is 5.65 Å². The summed E-state index contributed by atoms with van der Waals surface area (Å²) in [5.41, 5.74) is 3.38. The number of rotatable bonds is 10. The van der Waals surface area contributed by atoms with Gasteiger partial charge in [0.1, 0.15) is 5.82 Å². The van der Waals surface area contributed by atoms with E-state index in [1.54, 1.807) is 29.2 Å². The van der Waals surface area contributed by atoms with E-state index >= 15 is 0 Å². The van der Waals surface area contributed by atoms with Crippen molar-refractivity contribution in [3.63, 3.8) is 0 Å². The first-order valence-electron chi connectivity index (χ1n) is 13.1. The number of hydrogen-bond acceptors (Lipinski definition) is 8. The van der Waals surface area contributed by atoms with E-state index in [9.17, 15) is 4.79 Å². The smallest absolute Gasteiger partial charge is 0.251 e. The zero-order valence-corrected chi connectivity index (χ0v) is 23.5. The van der Waals surface area contributed by atoms with Crippen molar-refractivity contribution in [2.24, 2.45) is 0 Å². The summed E-state index contributed by atoms with van der Waals surface area (Å²) in [6.45, 7) is 12.4. The molecule has 1 amide bonds. The number of nitrogens with zero attached hydrogens (tertiary/aromatic N) is 6. The van der Waals surface area contributed by atoms with E-state index in [1.165, 1.54) is 0 Å². The molecular weight excluding hydrogens is 498 g/mol. The maximum Gasteiger partial charge on any atom is 0.251 e. The lowest BCUT2D eigenvalue weighted by Crippen LogP contribution is -2.61. The van der Waals surface area contributed by atoms with Crippen LogP contribution in [0.25, 0.3) is 27.5 Å². The van der Waals surface area contributed by atoms with Gasteiger partial charge in [0, 0.05) is 44.5 Å². The first-order valence-corrected chi connectivity index (χ1v) is 13.9. The number of pyridine rings is 1. The third-order valence-electron chi connectivity index (χ3n) is 7.35. The molecule has 9 nitrogen and oxygen atoms in total. The minimum absolute atomic E-state index is 0.118. The fourth-order valence-electron chi connectivity index (χ4n) is 4.93. The Bertz CT molecular complexity index is 1410. The molecular formula is C28H35N7O2S. The van der Waals surface area contributed by atoms with Crippen LogP contribution in [0.1, 0.15) is 38.1 Å². The van der Waals surface area contributed by atoms with Crippen molar-refractivity contribution in [2.45, 2.75) is 39.3 Å². The van der Waals surface area contributed by atoms with Crippen molar-refractivity contribution in [3.05, 3.63) is 53.7 Å². The first-order chi connectivity index (χ1) is 18.3. The van der Waals surface area contributed by atoms with Crippen molar-refractivity contribution in [1.29, 1.82) is 0 Å². The highest BCUT2D eigenvalue weighted by Gasteiger charge is 2.40. The maximum absolute atomic E-state index is 13.4. The van der Waals surface area contributed by atoms with Crippen molar-refractivity contribution in [2.75, 3.05) is 44.7 Å². The Kier molecular flexibility index (Phi) is 7.47. The van der Waals surface area contributed by atoms with E-state index in [1.807, 2.05) is 35.8 Å². The number of hydrogen-bond donors (Lipinski definition) is 1. The second-order valence-electron chi connectivity index (χ2n) is 10.0. The molecule has 200 valence electrons. The summed E-state index contributed by atoms with van der Waals surface area (Å²) in [7, 11) is 1.73. The van der Waals surface area contributed by atoms with Crippen LogP contribution in [0.2, 0.25) is 0 Å². The van der Waals surface area contributed by atoms with Crippen LogP contribution < -0.4 is 10.2 Å². The predicted octanol–water partition coefficient (Wildman–Crippen LogP) is 4.21. The largest absolute Gasteiger partial charge is 0.375 e. The molecule has 0 aromatic carbocycles. The molecule has 4 aromatic rings. The quantitative estimate of drug-likeness (QED) is 0.327. The highest BCUT2D eigenvalue weighted by atomic mass is 32.1. The summed E-state index contributed by atoms with van der Waals surface area (Å²) in [5, 5.41) is 9.68. The van der Waals surface area contributed by atoms with E-state index in [0.717, 1.165) is 35.0 Å². The van der Waals surface area contributed by atoms with Gasteiger partial charge in [0.25, 0.3) is 5.91 Å². The molecule has 0 radical (unpaired) electrons. The van der Waals surface area contributed by atoms with E-state index in [2.05, 4.69) is 54.0 Å². The van der Waals surface area contributed by atoms with Crippen molar-refractivity contribution < 1.29 is 9.53 Å². The van der Waals surface area contributed by atoms with Crippen LogP contribution in [0, 0.1) is 0 Å². The minimum Gasteiger partial charge on any atom is -0.375 e. The van der Waals surface area contributed by atoms with Gasteiger partial charge in [-0.05, 0) is 56.6 Å². The zero-order chi connectivity index (χ0) is 26.9. The number of nitrogens with one attached hydrogen (secondary N) is 1. The van der Waals surface area contributed by atoms with E-state index in [-0.39, 0.29) is 17.6 Å². The van der Waals surface area contributed by atoms with E-state index < -0.39 is 0 Å². The summed E-state index contributed by atoms with van der Waals surface area (Å²) in [6, 6.07) is 9.98. The molecule has 0 bridgehead atoms. The van der Waals surface area contributed by atoms with Crippen LogP contribution in [0.4, 0.5) is 5.82 Å². The molecule has 0 spiro atoms. The fourth-order valence-corrected chi connectivity index (χ4v) is 5.62. The molecule has 1 saturated heterocycles. The lowest BCUT2D eigenvalue weighted by molar-refractivity contribution is -0.0171. The van der Waals surface area contributed by atoms with Crippen LogP contribution in [0.3, 0.4) is 0 Å². The highest BCUT2D eigenvalue weighted by Crippen LogP contribution is 2.33. The second-order valence-corrected chi connectivity index (χ2v) is 11.0. The number of amides is 1. The van der Waals surface area contributed by atoms with Crippen molar-refractivity contribution in [1.82, 2.24) is 29.8 Å². The molecule has 38 heavy (non-hydrogen) atoms. The topological polar surface area (TPSA) is 87.9 Å². The fraction of sp³-hybridized carbons (Fsp3) is 0.429. The molecule has 4 aromatic heterocycles. The van der Waals surface area contributed by atoms with Crippen LogP contribution in [-0.4, -0.2) is 81.9 Å². The molecule has 1 atom stereocenters. The molecule has 1 aliphatic heterocycles. The molecule has 10 heteroatoms. The van der Waals surface area contributed by atoms with Gasteiger partial charge in [0.05, 0.1) is 33.6 Å². The van der Waals surface area contributed by atoms with Crippen molar-refractivity contribution in [3.8, 4) is 21.8 Å². The third kappa shape index (κ3) is 5.16. The maximum atomic E-state index is 13.4. The van der Waals surface area contributed by atoms with E-state index in [4.69, 9.17) is 14.7 Å². The summed E-state index contributed by atoms with van der Waals surface area (Å²) in [4.78, 5) is 28.8. The molecule has 5 rings (SSSR count). The van der Waals surface area contributed by atoms with Gasteiger partial charge in [0.2, 0.25) is 0 Å². The van der Waals surface area contributed by atoms with Gasteiger partial charge in [-0.2, -0.15) is 5.10 Å². The number of methoxy groups -OCH3 is 1. The van der Waals surface area contributed by atoms with Gasteiger partial charge in [-0.25, -0.2) is 14.5 Å². The molecule has 0 aliphatic carbocycles. The summed E-state index contributed by atoms with van der Waals surface area (Å²) in [6.07, 6.45) is 3.68. The molecule has 5 heterocycles. The van der Waals surface area contributed by atoms with E-state index in [0.29, 0.717) is 36.5 Å². The number of ether oxygens (including phenoxy) is 1. The molecule has 1 aliphatic rings. The Morgan fingerprint density at radius 3 is 2.68 bits per heavy atom. The normalized spacial score (nSPS) is 15.6. The Balaban J connectivity index is 1.50. The van der Waals surface area contributed by atoms with Gasteiger partial charge in [-0.3, -0.25) is 9.69 Å². The average Bonchev–Trinajstić information content (AvgIpc) is 3.60. The summed E-state index contributed by atoms with van der Waals surface area (Å²) < 4.78 is 7.39. The lowest BCUT2D eigenvalue weighted by Gasteiger charge is -2.47. The summed E-state index contributed by atoms with van der Waals surface area (Å²) >= 11 is 1.64. The van der Waals surface area contributed by atoms with Crippen molar-refractivity contribution >= 4 is 28.7 Å². The Morgan fingerprint density at radius 2 is 2.00 bits per heavy atom. The molecule has 1 N–H and O–H groups in total. The Hall–Kier alpha value is -3.34. The van der Waals surface area contributed by atoms with Crippen LogP contribution in [0.5, 0.6) is 0 Å². The minimum atomic E-state index is -0.221. The summed E-state index contributed by atoms with van der Waals surface area (Å²) in [5.74, 6) is 0.625. The number of carbonyl (C=O) groups excluding carboxylic acids is 1. The number of aromatic nitrogens is 4.